The molecule has 0 bridgehead atoms. The van der Waals surface area contributed by atoms with E-state index in [0.29, 0.717) is 11.3 Å². The Bertz CT molecular complexity index is 1370. The Morgan fingerprint density at radius 1 is 1.18 bits per heavy atom. The molecular weight excluding hydrogens is 494 g/mol. The van der Waals surface area contributed by atoms with Gasteiger partial charge in [-0.1, -0.05) is 0 Å². The molecule has 0 radical (unpaired) electrons. The molecule has 0 aliphatic heterocycles. The number of nitrogens with two attached hydrogens (primary N) is 1. The zero-order valence-corrected chi connectivity index (χ0v) is 21.5. The van der Waals surface area contributed by atoms with Crippen LogP contribution in [0.25, 0.3) is 6.08 Å². The van der Waals surface area contributed by atoms with Crippen LogP contribution >= 0.6 is 0 Å². The number of carbonyl (C=O) groups is 4. The number of fused-ring (bicyclic) bond motifs is 3. The zero-order chi connectivity index (χ0) is 28.3. The van der Waals surface area contributed by atoms with Gasteiger partial charge in [0.1, 0.15) is 22.8 Å². The minimum atomic E-state index is -2.62. The summed E-state index contributed by atoms with van der Waals surface area (Å²) in [6.45, 7) is 3.59. The highest BCUT2D eigenvalue weighted by molar-refractivity contribution is 6.24. The predicted octanol–water partition coefficient (Wildman–Crippen LogP) is 1.18. The van der Waals surface area contributed by atoms with Crippen LogP contribution in [-0.4, -0.2) is 69.5 Å². The van der Waals surface area contributed by atoms with Gasteiger partial charge < -0.3 is 36.4 Å². The van der Waals surface area contributed by atoms with Crippen LogP contribution in [0.15, 0.2) is 34.8 Å². The number of nitrogens with one attached hydrogen (secondary N) is 1. The fourth-order valence-electron chi connectivity index (χ4n) is 5.71. The second-order valence-corrected chi connectivity index (χ2v) is 10.5. The molecule has 0 saturated heterocycles. The Kier molecular flexibility index (Phi) is 6.60. The largest absolute Gasteiger partial charge is 0.511 e. The van der Waals surface area contributed by atoms with E-state index in [-0.39, 0.29) is 42.0 Å². The van der Waals surface area contributed by atoms with Crippen molar-refractivity contribution < 1.29 is 39.6 Å². The van der Waals surface area contributed by atoms with Gasteiger partial charge in [0.2, 0.25) is 11.7 Å². The van der Waals surface area contributed by atoms with Crippen molar-refractivity contribution in [3.8, 4) is 5.75 Å². The Balaban J connectivity index is 1.87. The van der Waals surface area contributed by atoms with Crippen LogP contribution in [0.4, 0.5) is 5.69 Å². The highest BCUT2D eigenvalue weighted by atomic mass is 16.3. The third kappa shape index (κ3) is 4.03. The summed E-state index contributed by atoms with van der Waals surface area (Å²) >= 11 is 0. The monoisotopic (exact) mass is 525 g/mol. The number of aliphatic hydroxyl groups is 3. The van der Waals surface area contributed by atoms with E-state index >= 15 is 0 Å². The number of aromatic hydroxyl groups is 1. The molecule has 0 spiro atoms. The van der Waals surface area contributed by atoms with Crippen LogP contribution in [0.1, 0.15) is 48.2 Å². The third-order valence-corrected chi connectivity index (χ3v) is 7.39. The molecule has 0 fully saturated rings. The summed E-state index contributed by atoms with van der Waals surface area (Å²) in [4.78, 5) is 52.6. The number of phenols is 1. The van der Waals surface area contributed by atoms with Gasteiger partial charge >= 0.3 is 0 Å². The number of ketones is 2. The van der Waals surface area contributed by atoms with Gasteiger partial charge in [-0.25, -0.2) is 0 Å². The van der Waals surface area contributed by atoms with Gasteiger partial charge in [-0.3, -0.25) is 19.2 Å². The molecule has 1 aromatic carbocycles. The first-order valence-electron chi connectivity index (χ1n) is 12.2. The van der Waals surface area contributed by atoms with Gasteiger partial charge in [0.25, 0.3) is 5.91 Å². The topological polar surface area (TPSA) is 190 Å². The maximum Gasteiger partial charge on any atom is 0.255 e. The van der Waals surface area contributed by atoms with Gasteiger partial charge in [0.05, 0.1) is 5.56 Å². The molecule has 1 aromatic rings. The summed E-state index contributed by atoms with van der Waals surface area (Å²) in [6, 6.07) is 1.54. The molecule has 7 N–H and O–H groups in total. The van der Waals surface area contributed by atoms with Crippen molar-refractivity contribution in [2.75, 3.05) is 19.0 Å². The second kappa shape index (κ2) is 9.32. The quantitative estimate of drug-likeness (QED) is 0.242. The van der Waals surface area contributed by atoms with Crippen LogP contribution in [-0.2, 0) is 20.8 Å². The van der Waals surface area contributed by atoms with E-state index in [2.05, 4.69) is 5.32 Å². The van der Waals surface area contributed by atoms with Crippen molar-refractivity contribution in [1.29, 1.82) is 0 Å². The number of Topliss-reactive ketones (excluding diaryl/α,β-unsaturated/α-hetero) is 2. The number of primary amides is 1. The minimum absolute atomic E-state index is 0.0492. The summed E-state index contributed by atoms with van der Waals surface area (Å²) in [7, 11) is 3.51. The predicted molar refractivity (Wildman–Crippen MR) is 137 cm³/mol. The number of allylic oxidation sites excluding steroid dienone is 2. The summed E-state index contributed by atoms with van der Waals surface area (Å²) < 4.78 is 0. The van der Waals surface area contributed by atoms with Gasteiger partial charge in [0, 0.05) is 55.4 Å². The fourth-order valence-corrected chi connectivity index (χ4v) is 5.71. The van der Waals surface area contributed by atoms with Gasteiger partial charge in [-0.2, -0.15) is 0 Å². The number of amides is 2. The van der Waals surface area contributed by atoms with Crippen molar-refractivity contribution in [1.82, 2.24) is 5.32 Å². The summed E-state index contributed by atoms with van der Waals surface area (Å²) in [5, 5.41) is 46.6. The normalized spacial score (nSPS) is 24.9. The number of aliphatic hydroxyl groups excluding tert-OH is 2. The lowest BCUT2D eigenvalue weighted by atomic mass is 9.60. The second-order valence-electron chi connectivity index (χ2n) is 10.5. The number of carbonyl (C=O) groups excluding carboxylic acids is 4. The summed E-state index contributed by atoms with van der Waals surface area (Å²) in [5.41, 5.74) is 2.73. The van der Waals surface area contributed by atoms with E-state index in [1.54, 1.807) is 38.9 Å². The molecule has 3 aliphatic carbocycles. The van der Waals surface area contributed by atoms with Crippen LogP contribution in [0.5, 0.6) is 5.75 Å². The smallest absolute Gasteiger partial charge is 0.255 e. The summed E-state index contributed by atoms with van der Waals surface area (Å²) in [6.07, 6.45) is 2.55. The number of anilines is 1. The summed E-state index contributed by atoms with van der Waals surface area (Å²) in [5.74, 6) is -7.23. The lowest BCUT2D eigenvalue weighted by Crippen LogP contribution is -2.57. The van der Waals surface area contributed by atoms with Crippen LogP contribution in [0.2, 0.25) is 0 Å². The van der Waals surface area contributed by atoms with Crippen molar-refractivity contribution >= 4 is 35.1 Å². The molecule has 38 heavy (non-hydrogen) atoms. The average molecular weight is 526 g/mol. The maximum absolute atomic E-state index is 13.8. The number of phenolic OH excluding ortho intramolecular Hbond substituents is 1. The molecule has 3 atom stereocenters. The molecule has 11 nitrogen and oxygen atoms in total. The number of hydrogen-bond donors (Lipinski definition) is 6. The van der Waals surface area contributed by atoms with Crippen LogP contribution < -0.4 is 16.0 Å². The van der Waals surface area contributed by atoms with Gasteiger partial charge in [0.15, 0.2) is 11.4 Å². The highest BCUT2D eigenvalue weighted by Crippen LogP contribution is 2.52. The third-order valence-electron chi connectivity index (χ3n) is 7.39. The Morgan fingerprint density at radius 2 is 1.84 bits per heavy atom. The first-order valence-corrected chi connectivity index (χ1v) is 12.2. The molecule has 4 rings (SSSR count). The molecule has 0 heterocycles. The molecule has 0 aromatic heterocycles. The van der Waals surface area contributed by atoms with E-state index in [0.717, 1.165) is 0 Å². The molecule has 11 heteroatoms. The standard InChI is InChI=1S/C27H31N3O8/c1-11(2)29-18(32)6-5-12-9-16(30(3)4)15-8-13-7-14-10-17(31)21(26(28)37)25(36)27(14,38)24(35)19(13)23(34)20(15)22(12)33/h5-6,9,11,13-14,31,33,35,38H,7-8,10H2,1-4H3,(H2,28,37)(H,29,32)/b6-5+/t13-,14+,27+/m1/s1. The van der Waals surface area contributed by atoms with E-state index in [9.17, 15) is 39.6 Å². The first kappa shape index (κ1) is 26.9. The average Bonchev–Trinajstić information content (AvgIpc) is 2.80. The molecule has 0 saturated carbocycles. The molecule has 2 amide bonds. The van der Waals surface area contributed by atoms with Crippen LogP contribution in [0, 0.1) is 11.8 Å². The highest BCUT2D eigenvalue weighted by Gasteiger charge is 2.59. The van der Waals surface area contributed by atoms with E-state index < -0.39 is 63.7 Å². The minimum Gasteiger partial charge on any atom is -0.511 e. The SMILES string of the molecule is CC(C)NC(=O)/C=C/c1cc(N(C)C)c2c(c1O)C(=O)C1=C(O)[C@]3(O)C(=O)C(C(N)=O)=C(O)C[C@@H]3C[C@@H]1C2. The molecular formula is C27H31N3O8. The molecule has 3 aliphatic rings. The lowest BCUT2D eigenvalue weighted by Gasteiger charge is -2.45. The molecule has 0 unspecified atom stereocenters. The fraction of sp³-hybridized carbons (Fsp3) is 0.407. The number of hydrogen-bond acceptors (Lipinski definition) is 9. The Morgan fingerprint density at radius 3 is 2.42 bits per heavy atom. The van der Waals surface area contributed by atoms with E-state index in [4.69, 9.17) is 5.73 Å². The number of nitrogens with zero attached hydrogens (tertiary/aromatic N) is 1. The number of benzene rings is 1. The van der Waals surface area contributed by atoms with Crippen molar-refractivity contribution in [3.05, 3.63) is 51.5 Å². The Hall–Kier alpha value is -4.12. The Labute approximate surface area is 218 Å². The van der Waals surface area contributed by atoms with Gasteiger partial charge in [-0.15, -0.1) is 0 Å². The first-order chi connectivity index (χ1) is 17.7. The van der Waals surface area contributed by atoms with Gasteiger partial charge in [-0.05, 0) is 50.3 Å². The van der Waals surface area contributed by atoms with Crippen LogP contribution in [0.3, 0.4) is 0 Å². The zero-order valence-electron chi connectivity index (χ0n) is 21.5. The maximum atomic E-state index is 13.8. The van der Waals surface area contributed by atoms with E-state index in [1.165, 1.54) is 12.2 Å². The lowest BCUT2D eigenvalue weighted by molar-refractivity contribution is -0.144. The van der Waals surface area contributed by atoms with E-state index in [1.807, 2.05) is 0 Å². The number of rotatable bonds is 5. The molecule has 202 valence electrons. The van der Waals surface area contributed by atoms with Crippen molar-refractivity contribution in [3.63, 3.8) is 0 Å². The van der Waals surface area contributed by atoms with Crippen molar-refractivity contribution in [2.24, 2.45) is 17.6 Å². The van der Waals surface area contributed by atoms with Crippen molar-refractivity contribution in [2.45, 2.75) is 44.8 Å².